The van der Waals surface area contributed by atoms with Gasteiger partial charge in [0.2, 0.25) is 0 Å². The molecule has 0 radical (unpaired) electrons. The van der Waals surface area contributed by atoms with E-state index in [4.69, 9.17) is 0 Å². The molecule has 0 bridgehead atoms. The van der Waals surface area contributed by atoms with Crippen LogP contribution >= 0.6 is 0 Å². The number of fused-ring (bicyclic) bond motifs is 19. The molecule has 0 saturated heterocycles. The highest BCUT2D eigenvalue weighted by molar-refractivity contribution is 6.00. The molecule has 9 aromatic rings. The second-order valence-corrected chi connectivity index (χ2v) is 20.8. The van der Waals surface area contributed by atoms with Crippen LogP contribution < -0.4 is 4.90 Å². The lowest BCUT2D eigenvalue weighted by molar-refractivity contribution is 0.652. The molecule has 5 aliphatic carbocycles. The van der Waals surface area contributed by atoms with Gasteiger partial charge in [-0.05, 0) is 148 Å². The van der Waals surface area contributed by atoms with Gasteiger partial charge in [-0.3, -0.25) is 0 Å². The first-order valence-corrected chi connectivity index (χ1v) is 23.4. The summed E-state index contributed by atoms with van der Waals surface area (Å²) in [4.78, 5) is 2.61. The van der Waals surface area contributed by atoms with Gasteiger partial charge in [-0.1, -0.05) is 187 Å². The van der Waals surface area contributed by atoms with Crippen molar-refractivity contribution in [1.82, 2.24) is 0 Å². The summed E-state index contributed by atoms with van der Waals surface area (Å²) in [5.41, 5.74) is 29.8. The van der Waals surface area contributed by atoms with Crippen molar-refractivity contribution in [3.8, 4) is 55.6 Å². The number of nitrogens with zero attached hydrogens (tertiary/aromatic N) is 1. The lowest BCUT2D eigenvalue weighted by atomic mass is 9.70. The summed E-state index contributed by atoms with van der Waals surface area (Å²) in [7, 11) is 0. The molecule has 0 amide bonds. The fourth-order valence-electron chi connectivity index (χ4n) is 13.6. The summed E-state index contributed by atoms with van der Waals surface area (Å²) in [5.74, 6) is 0. The third-order valence-corrected chi connectivity index (χ3v) is 16.7. The van der Waals surface area contributed by atoms with Crippen LogP contribution in [0, 0.1) is 0 Å². The molecule has 0 heterocycles. The number of anilines is 3. The van der Waals surface area contributed by atoms with Crippen LogP contribution in [0.25, 0.3) is 55.6 Å². The Morgan fingerprint density at radius 1 is 0.262 bits per heavy atom. The predicted octanol–water partition coefficient (Wildman–Crippen LogP) is 16.4. The zero-order valence-corrected chi connectivity index (χ0v) is 37.8. The standard InChI is InChI=1S/C64H49N/c1-61(2)49-23-12-7-18-40(49)45-32-30-38(34-55(45)61)65(59-29-17-28-54-60(59)48-37-56-47(36-57(48)63(54,5)6)44-22-8-13-24-50(44)62(56,3)4)39-31-33-46-43-21-11-16-27-53(43)64(58(46)35-39)51-25-14-9-19-41(51)42-20-10-15-26-52(42)64/h7-37H,1-6H3. The molecule has 9 aromatic carbocycles. The van der Waals surface area contributed by atoms with Crippen molar-refractivity contribution >= 4 is 17.1 Å². The Morgan fingerprint density at radius 3 is 1.15 bits per heavy atom. The van der Waals surface area contributed by atoms with Gasteiger partial charge in [0.05, 0.1) is 11.1 Å². The van der Waals surface area contributed by atoms with E-state index in [1.165, 1.54) is 128 Å². The van der Waals surface area contributed by atoms with Crippen molar-refractivity contribution in [3.63, 3.8) is 0 Å². The van der Waals surface area contributed by atoms with E-state index >= 15 is 0 Å². The van der Waals surface area contributed by atoms with Gasteiger partial charge in [-0.2, -0.15) is 0 Å². The summed E-state index contributed by atoms with van der Waals surface area (Å²) in [6.45, 7) is 14.5. The van der Waals surface area contributed by atoms with E-state index in [0.717, 1.165) is 0 Å². The number of hydrogen-bond acceptors (Lipinski definition) is 1. The van der Waals surface area contributed by atoms with Gasteiger partial charge >= 0.3 is 0 Å². The first-order valence-electron chi connectivity index (χ1n) is 23.4. The highest BCUT2D eigenvalue weighted by Gasteiger charge is 2.52. The molecule has 65 heavy (non-hydrogen) atoms. The Hall–Kier alpha value is -7.22. The Morgan fingerprint density at radius 2 is 0.615 bits per heavy atom. The zero-order chi connectivity index (χ0) is 43.8. The maximum atomic E-state index is 2.61. The lowest BCUT2D eigenvalue weighted by Crippen LogP contribution is -2.26. The first kappa shape index (κ1) is 37.2. The number of hydrogen-bond donors (Lipinski definition) is 0. The molecule has 1 nitrogen and oxygen atoms in total. The molecule has 1 spiro atoms. The average Bonchev–Trinajstić information content (AvgIpc) is 4.02. The molecule has 0 unspecified atom stereocenters. The van der Waals surface area contributed by atoms with E-state index in [-0.39, 0.29) is 16.2 Å². The van der Waals surface area contributed by atoms with Gasteiger partial charge in [0.1, 0.15) is 0 Å². The molecule has 14 rings (SSSR count). The second kappa shape index (κ2) is 12.3. The van der Waals surface area contributed by atoms with Crippen molar-refractivity contribution in [1.29, 1.82) is 0 Å². The van der Waals surface area contributed by atoms with E-state index in [9.17, 15) is 0 Å². The Bertz CT molecular complexity index is 3530. The van der Waals surface area contributed by atoms with Gasteiger partial charge in [-0.25, -0.2) is 0 Å². The van der Waals surface area contributed by atoms with Gasteiger partial charge in [-0.15, -0.1) is 0 Å². The van der Waals surface area contributed by atoms with Crippen LogP contribution in [-0.2, 0) is 21.7 Å². The van der Waals surface area contributed by atoms with Gasteiger partial charge in [0.25, 0.3) is 0 Å². The minimum Gasteiger partial charge on any atom is -0.310 e. The van der Waals surface area contributed by atoms with Crippen LogP contribution in [0.3, 0.4) is 0 Å². The molecule has 0 atom stereocenters. The fraction of sp³-hybridized carbons (Fsp3) is 0.156. The highest BCUT2D eigenvalue weighted by Crippen LogP contribution is 2.64. The topological polar surface area (TPSA) is 3.24 Å². The van der Waals surface area contributed by atoms with Gasteiger partial charge < -0.3 is 4.90 Å². The fourth-order valence-corrected chi connectivity index (χ4v) is 13.6. The SMILES string of the molecule is CC1(C)c2ccccc2-c2ccc(N(c3ccc4c(c3)C3(c5ccccc5-c5ccccc53)c3ccccc3-4)c3cccc4c3-c3cc5c(cc3C4(C)C)-c3ccccc3C5(C)C)cc21. The normalized spacial score (nSPS) is 16.6. The van der Waals surface area contributed by atoms with Crippen molar-refractivity contribution in [2.75, 3.05) is 4.90 Å². The molecule has 1 heteroatoms. The molecule has 310 valence electrons. The van der Waals surface area contributed by atoms with E-state index in [1.54, 1.807) is 0 Å². The molecule has 5 aliphatic rings. The van der Waals surface area contributed by atoms with Gasteiger partial charge in [0.15, 0.2) is 0 Å². The van der Waals surface area contributed by atoms with Crippen LogP contribution in [0.4, 0.5) is 17.1 Å². The lowest BCUT2D eigenvalue weighted by Gasteiger charge is -2.33. The summed E-state index contributed by atoms with van der Waals surface area (Å²) in [5, 5.41) is 0. The third-order valence-electron chi connectivity index (χ3n) is 16.7. The summed E-state index contributed by atoms with van der Waals surface area (Å²) >= 11 is 0. The van der Waals surface area contributed by atoms with Gasteiger partial charge in [0, 0.05) is 33.2 Å². The van der Waals surface area contributed by atoms with Crippen molar-refractivity contribution in [2.45, 2.75) is 63.2 Å². The Labute approximate surface area is 382 Å². The van der Waals surface area contributed by atoms with Crippen molar-refractivity contribution < 1.29 is 0 Å². The monoisotopic (exact) mass is 831 g/mol. The summed E-state index contributed by atoms with van der Waals surface area (Å²) in [6.07, 6.45) is 0. The third kappa shape index (κ3) is 4.45. The Balaban J connectivity index is 1.06. The minimum absolute atomic E-state index is 0.111. The molecular formula is C64H49N. The number of rotatable bonds is 3. The smallest absolute Gasteiger partial charge is 0.0726 e. The largest absolute Gasteiger partial charge is 0.310 e. The van der Waals surface area contributed by atoms with E-state index in [2.05, 4.69) is 234 Å². The van der Waals surface area contributed by atoms with E-state index in [0.29, 0.717) is 0 Å². The Kier molecular flexibility index (Phi) is 7.04. The molecular weight excluding hydrogens is 783 g/mol. The van der Waals surface area contributed by atoms with Crippen LogP contribution in [0.2, 0.25) is 0 Å². The van der Waals surface area contributed by atoms with Crippen LogP contribution in [-0.4, -0.2) is 0 Å². The molecule has 0 N–H and O–H groups in total. The van der Waals surface area contributed by atoms with Crippen LogP contribution in [0.5, 0.6) is 0 Å². The maximum absolute atomic E-state index is 2.61. The zero-order valence-electron chi connectivity index (χ0n) is 37.8. The summed E-state index contributed by atoms with van der Waals surface area (Å²) < 4.78 is 0. The van der Waals surface area contributed by atoms with Crippen molar-refractivity contribution in [2.24, 2.45) is 0 Å². The predicted molar refractivity (Wildman–Crippen MR) is 270 cm³/mol. The highest BCUT2D eigenvalue weighted by atomic mass is 15.1. The summed E-state index contributed by atoms with van der Waals surface area (Å²) in [6, 6.07) is 72.4. The first-order chi connectivity index (χ1) is 31.5. The molecule has 0 fully saturated rings. The molecule has 0 aliphatic heterocycles. The average molecular weight is 832 g/mol. The van der Waals surface area contributed by atoms with E-state index in [1.807, 2.05) is 0 Å². The van der Waals surface area contributed by atoms with Crippen molar-refractivity contribution in [3.05, 3.63) is 244 Å². The van der Waals surface area contributed by atoms with Crippen LogP contribution in [0.15, 0.2) is 188 Å². The second-order valence-electron chi connectivity index (χ2n) is 20.8. The maximum Gasteiger partial charge on any atom is 0.0726 e. The molecule has 0 saturated carbocycles. The molecule has 0 aromatic heterocycles. The quantitative estimate of drug-likeness (QED) is 0.171. The van der Waals surface area contributed by atoms with Crippen LogP contribution in [0.1, 0.15) is 97.2 Å². The van der Waals surface area contributed by atoms with E-state index < -0.39 is 5.41 Å². The minimum atomic E-state index is -0.448. The number of benzene rings is 9.